The number of hydrogen-bond donors (Lipinski definition) is 2. The SMILES string of the molecule is C=CC[C@@H](NC(=O)COCCOC)C(N)=O. The summed E-state index contributed by atoms with van der Waals surface area (Å²) in [5, 5.41) is 2.44. The van der Waals surface area contributed by atoms with Crippen LogP contribution in [-0.2, 0) is 19.1 Å². The van der Waals surface area contributed by atoms with Crippen LogP contribution in [-0.4, -0.2) is 44.8 Å². The van der Waals surface area contributed by atoms with E-state index >= 15 is 0 Å². The van der Waals surface area contributed by atoms with Gasteiger partial charge in [0, 0.05) is 7.11 Å². The predicted octanol–water partition coefficient (Wildman–Crippen LogP) is -0.804. The summed E-state index contributed by atoms with van der Waals surface area (Å²) in [7, 11) is 1.54. The van der Waals surface area contributed by atoms with Crippen molar-refractivity contribution in [2.45, 2.75) is 12.5 Å². The lowest BCUT2D eigenvalue weighted by Gasteiger charge is -2.13. The van der Waals surface area contributed by atoms with Crippen LogP contribution in [0.25, 0.3) is 0 Å². The Balaban J connectivity index is 3.81. The summed E-state index contributed by atoms with van der Waals surface area (Å²) in [6.07, 6.45) is 1.82. The number of carbonyl (C=O) groups is 2. The number of nitrogens with two attached hydrogens (primary N) is 1. The number of nitrogens with one attached hydrogen (secondary N) is 1. The summed E-state index contributed by atoms with van der Waals surface area (Å²) in [5.41, 5.74) is 5.09. The lowest BCUT2D eigenvalue weighted by atomic mass is 10.2. The van der Waals surface area contributed by atoms with Crippen LogP contribution in [0.5, 0.6) is 0 Å². The van der Waals surface area contributed by atoms with Crippen LogP contribution < -0.4 is 11.1 Å². The fourth-order valence-electron chi connectivity index (χ4n) is 0.956. The van der Waals surface area contributed by atoms with Gasteiger partial charge in [0.25, 0.3) is 0 Å². The molecule has 0 saturated carbocycles. The minimum absolute atomic E-state index is 0.121. The molecule has 0 bridgehead atoms. The lowest BCUT2D eigenvalue weighted by Crippen LogP contribution is -2.45. The van der Waals surface area contributed by atoms with Gasteiger partial charge >= 0.3 is 0 Å². The van der Waals surface area contributed by atoms with Gasteiger partial charge in [0.15, 0.2) is 0 Å². The summed E-state index contributed by atoms with van der Waals surface area (Å²) < 4.78 is 9.72. The molecular formula is C10H18N2O4. The molecule has 6 nitrogen and oxygen atoms in total. The molecular weight excluding hydrogens is 212 g/mol. The van der Waals surface area contributed by atoms with Crippen molar-refractivity contribution < 1.29 is 19.1 Å². The second-order valence-corrected chi connectivity index (χ2v) is 3.09. The van der Waals surface area contributed by atoms with E-state index in [2.05, 4.69) is 11.9 Å². The van der Waals surface area contributed by atoms with Crippen molar-refractivity contribution in [2.75, 3.05) is 26.9 Å². The second kappa shape index (κ2) is 8.87. The fraction of sp³-hybridized carbons (Fsp3) is 0.600. The average molecular weight is 230 g/mol. The number of amides is 2. The van der Waals surface area contributed by atoms with Gasteiger partial charge in [-0.1, -0.05) is 6.08 Å². The van der Waals surface area contributed by atoms with Gasteiger partial charge in [0.05, 0.1) is 13.2 Å². The zero-order valence-corrected chi connectivity index (χ0v) is 9.40. The third kappa shape index (κ3) is 6.97. The van der Waals surface area contributed by atoms with E-state index in [1.54, 1.807) is 0 Å². The summed E-state index contributed by atoms with van der Waals surface area (Å²) in [6, 6.07) is -0.726. The maximum absolute atomic E-state index is 11.3. The first-order valence-corrected chi connectivity index (χ1v) is 4.88. The molecule has 0 saturated heterocycles. The first kappa shape index (κ1) is 14.6. The van der Waals surface area contributed by atoms with E-state index in [1.807, 2.05) is 0 Å². The molecule has 0 aromatic carbocycles. The quantitative estimate of drug-likeness (QED) is 0.400. The van der Waals surface area contributed by atoms with E-state index < -0.39 is 11.9 Å². The van der Waals surface area contributed by atoms with Crippen LogP contribution in [0.4, 0.5) is 0 Å². The van der Waals surface area contributed by atoms with E-state index in [1.165, 1.54) is 13.2 Å². The molecule has 0 aliphatic carbocycles. The summed E-state index contributed by atoms with van der Waals surface area (Å²) >= 11 is 0. The van der Waals surface area contributed by atoms with Gasteiger partial charge in [-0.3, -0.25) is 9.59 Å². The molecule has 92 valence electrons. The number of ether oxygens (including phenoxy) is 2. The van der Waals surface area contributed by atoms with Crippen LogP contribution in [0.1, 0.15) is 6.42 Å². The van der Waals surface area contributed by atoms with E-state index in [0.29, 0.717) is 19.6 Å². The Morgan fingerprint density at radius 2 is 2.19 bits per heavy atom. The second-order valence-electron chi connectivity index (χ2n) is 3.09. The first-order valence-electron chi connectivity index (χ1n) is 4.88. The van der Waals surface area contributed by atoms with Crippen LogP contribution >= 0.6 is 0 Å². The highest BCUT2D eigenvalue weighted by molar-refractivity contribution is 5.87. The standard InChI is InChI=1S/C10H18N2O4/c1-3-4-8(10(11)14)12-9(13)7-16-6-5-15-2/h3,8H,1,4-7H2,2H3,(H2,11,14)(H,12,13)/t8-/m1/s1. The van der Waals surface area contributed by atoms with Crippen molar-refractivity contribution in [3.63, 3.8) is 0 Å². The molecule has 0 aromatic rings. The molecule has 3 N–H and O–H groups in total. The normalized spacial score (nSPS) is 11.8. The lowest BCUT2D eigenvalue weighted by molar-refractivity contribution is -0.130. The van der Waals surface area contributed by atoms with Crippen molar-refractivity contribution in [3.05, 3.63) is 12.7 Å². The highest BCUT2D eigenvalue weighted by atomic mass is 16.5. The summed E-state index contributed by atoms with van der Waals surface area (Å²) in [4.78, 5) is 22.2. The van der Waals surface area contributed by atoms with Crippen molar-refractivity contribution >= 4 is 11.8 Å². The molecule has 0 aliphatic heterocycles. The predicted molar refractivity (Wildman–Crippen MR) is 58.6 cm³/mol. The largest absolute Gasteiger partial charge is 0.382 e. The number of carbonyl (C=O) groups excluding carboxylic acids is 2. The first-order chi connectivity index (χ1) is 7.61. The molecule has 0 aliphatic rings. The Morgan fingerprint density at radius 3 is 2.69 bits per heavy atom. The maximum Gasteiger partial charge on any atom is 0.246 e. The topological polar surface area (TPSA) is 90.7 Å². The van der Waals surface area contributed by atoms with E-state index in [9.17, 15) is 9.59 Å². The van der Waals surface area contributed by atoms with Crippen molar-refractivity contribution in [2.24, 2.45) is 5.73 Å². The van der Waals surface area contributed by atoms with E-state index in [4.69, 9.17) is 15.2 Å². The van der Waals surface area contributed by atoms with Gasteiger partial charge < -0.3 is 20.5 Å². The number of hydrogen-bond acceptors (Lipinski definition) is 4. The highest BCUT2D eigenvalue weighted by Crippen LogP contribution is 1.91. The molecule has 0 fully saturated rings. The molecule has 1 atom stereocenters. The summed E-state index contributed by atoms with van der Waals surface area (Å²) in [6.45, 7) is 4.09. The van der Waals surface area contributed by atoms with Crippen LogP contribution in [0.15, 0.2) is 12.7 Å². The minimum atomic E-state index is -0.726. The van der Waals surface area contributed by atoms with Gasteiger partial charge in [-0.15, -0.1) is 6.58 Å². The number of rotatable bonds is 9. The van der Waals surface area contributed by atoms with Crippen LogP contribution in [0.3, 0.4) is 0 Å². The van der Waals surface area contributed by atoms with Crippen LogP contribution in [0.2, 0.25) is 0 Å². The monoisotopic (exact) mass is 230 g/mol. The van der Waals surface area contributed by atoms with Gasteiger partial charge in [-0.05, 0) is 6.42 Å². The molecule has 0 unspecified atom stereocenters. The Labute approximate surface area is 94.8 Å². The Bertz CT molecular complexity index is 243. The Morgan fingerprint density at radius 1 is 1.50 bits per heavy atom. The van der Waals surface area contributed by atoms with Crippen LogP contribution in [0, 0.1) is 0 Å². The van der Waals surface area contributed by atoms with Crippen molar-refractivity contribution in [1.82, 2.24) is 5.32 Å². The van der Waals surface area contributed by atoms with Gasteiger partial charge in [-0.2, -0.15) is 0 Å². The summed E-state index contributed by atoms with van der Waals surface area (Å²) in [5.74, 6) is -0.980. The highest BCUT2D eigenvalue weighted by Gasteiger charge is 2.15. The molecule has 16 heavy (non-hydrogen) atoms. The maximum atomic E-state index is 11.3. The van der Waals surface area contributed by atoms with E-state index in [-0.39, 0.29) is 12.5 Å². The van der Waals surface area contributed by atoms with Crippen molar-refractivity contribution in [1.29, 1.82) is 0 Å². The third-order valence-corrected chi connectivity index (χ3v) is 1.75. The molecule has 0 heterocycles. The molecule has 0 aromatic heterocycles. The Kier molecular flexibility index (Phi) is 8.10. The third-order valence-electron chi connectivity index (χ3n) is 1.75. The smallest absolute Gasteiger partial charge is 0.246 e. The van der Waals surface area contributed by atoms with E-state index in [0.717, 1.165) is 0 Å². The Hall–Kier alpha value is -1.40. The van der Waals surface area contributed by atoms with Gasteiger partial charge in [0.2, 0.25) is 11.8 Å². The average Bonchev–Trinajstić information content (AvgIpc) is 2.23. The molecule has 2 amide bonds. The molecule has 0 radical (unpaired) electrons. The zero-order valence-electron chi connectivity index (χ0n) is 9.40. The number of methoxy groups -OCH3 is 1. The molecule has 6 heteroatoms. The van der Waals surface area contributed by atoms with Gasteiger partial charge in [-0.25, -0.2) is 0 Å². The zero-order chi connectivity index (χ0) is 12.4. The number of primary amides is 1. The van der Waals surface area contributed by atoms with Crippen molar-refractivity contribution in [3.8, 4) is 0 Å². The van der Waals surface area contributed by atoms with Gasteiger partial charge in [0.1, 0.15) is 12.6 Å². The fourth-order valence-corrected chi connectivity index (χ4v) is 0.956. The molecule has 0 rings (SSSR count). The molecule has 0 spiro atoms. The minimum Gasteiger partial charge on any atom is -0.382 e.